The van der Waals surface area contributed by atoms with Crippen molar-refractivity contribution in [2.24, 2.45) is 0 Å². The Kier molecular flexibility index (Phi) is 6.42. The van der Waals surface area contributed by atoms with Crippen molar-refractivity contribution in [3.63, 3.8) is 0 Å². The number of carbonyl (C=O) groups is 2. The Morgan fingerprint density at radius 3 is 2.44 bits per heavy atom. The Morgan fingerprint density at radius 2 is 1.84 bits per heavy atom. The van der Waals surface area contributed by atoms with Gasteiger partial charge >= 0.3 is 6.09 Å². The van der Waals surface area contributed by atoms with E-state index in [1.807, 2.05) is 45.0 Å². The number of methoxy groups -OCH3 is 1. The van der Waals surface area contributed by atoms with Crippen LogP contribution in [0.2, 0.25) is 0 Å². The van der Waals surface area contributed by atoms with E-state index in [1.54, 1.807) is 7.11 Å². The molecule has 2 amide bonds. The van der Waals surface area contributed by atoms with Crippen molar-refractivity contribution in [2.45, 2.75) is 58.4 Å². The van der Waals surface area contributed by atoms with Gasteiger partial charge in [-0.3, -0.25) is 9.69 Å². The van der Waals surface area contributed by atoms with E-state index in [0.717, 1.165) is 17.5 Å². The lowest BCUT2D eigenvalue weighted by Gasteiger charge is -2.28. The first kappa shape index (κ1) is 19.2. The average Bonchev–Trinajstić information content (AvgIpc) is 3.02. The molecule has 0 radical (unpaired) electrons. The molecule has 1 atom stereocenters. The summed E-state index contributed by atoms with van der Waals surface area (Å²) in [5.41, 5.74) is 1.53. The molecule has 0 spiro atoms. The van der Waals surface area contributed by atoms with Gasteiger partial charge < -0.3 is 14.8 Å². The van der Waals surface area contributed by atoms with Gasteiger partial charge in [0.25, 0.3) is 0 Å². The molecule has 6 heteroatoms. The molecule has 0 aromatic heterocycles. The Hall–Kier alpha value is -2.08. The number of carbonyl (C=O) groups excluding carboxylic acids is 2. The second-order valence-electron chi connectivity index (χ2n) is 7.30. The number of nitrogens with zero attached hydrogens (tertiary/aromatic N) is 1. The lowest BCUT2D eigenvalue weighted by atomic mass is 10.1. The van der Waals surface area contributed by atoms with Gasteiger partial charge in [-0.1, -0.05) is 24.3 Å². The molecule has 1 saturated heterocycles. The van der Waals surface area contributed by atoms with Crippen LogP contribution in [-0.4, -0.2) is 42.2 Å². The smallest absolute Gasteiger partial charge is 0.410 e. The summed E-state index contributed by atoms with van der Waals surface area (Å²) in [4.78, 5) is 26.3. The summed E-state index contributed by atoms with van der Waals surface area (Å²) < 4.78 is 10.5. The Balaban J connectivity index is 1.89. The summed E-state index contributed by atoms with van der Waals surface area (Å²) in [5.74, 6) is -0.135. The molecule has 1 fully saturated rings. The van der Waals surface area contributed by atoms with Gasteiger partial charge in [-0.25, -0.2) is 4.79 Å². The Bertz CT molecular complexity index is 592. The Labute approximate surface area is 149 Å². The van der Waals surface area contributed by atoms with E-state index < -0.39 is 17.7 Å². The summed E-state index contributed by atoms with van der Waals surface area (Å²) in [6, 6.07) is 7.44. The van der Waals surface area contributed by atoms with Crippen LogP contribution in [0.3, 0.4) is 0 Å². The highest BCUT2D eigenvalue weighted by molar-refractivity contribution is 5.86. The number of ether oxygens (including phenoxy) is 2. The Morgan fingerprint density at radius 1 is 1.20 bits per heavy atom. The summed E-state index contributed by atoms with van der Waals surface area (Å²) in [6.07, 6.45) is 1.05. The minimum atomic E-state index is -0.565. The quantitative estimate of drug-likeness (QED) is 0.888. The molecule has 25 heavy (non-hydrogen) atoms. The highest BCUT2D eigenvalue weighted by Gasteiger charge is 2.36. The first-order valence-corrected chi connectivity index (χ1v) is 8.64. The van der Waals surface area contributed by atoms with Crippen molar-refractivity contribution < 1.29 is 19.1 Å². The number of rotatable bonds is 5. The van der Waals surface area contributed by atoms with Gasteiger partial charge in [-0.2, -0.15) is 0 Å². The van der Waals surface area contributed by atoms with Crippen LogP contribution >= 0.6 is 0 Å². The second kappa shape index (κ2) is 8.34. The van der Waals surface area contributed by atoms with Crippen LogP contribution in [0.1, 0.15) is 44.7 Å². The van der Waals surface area contributed by atoms with Crippen LogP contribution in [0.5, 0.6) is 0 Å². The minimum absolute atomic E-state index is 0.135. The van der Waals surface area contributed by atoms with Gasteiger partial charge in [-0.15, -0.1) is 0 Å². The van der Waals surface area contributed by atoms with Crippen LogP contribution in [0, 0.1) is 0 Å². The van der Waals surface area contributed by atoms with Crippen LogP contribution in [0.25, 0.3) is 0 Å². The molecule has 1 unspecified atom stereocenters. The van der Waals surface area contributed by atoms with Crippen molar-refractivity contribution in [3.05, 3.63) is 35.4 Å². The molecule has 2 rings (SSSR count). The fraction of sp³-hybridized carbons (Fsp3) is 0.579. The lowest BCUT2D eigenvalue weighted by Crippen LogP contribution is -2.47. The normalized spacial score (nSPS) is 17.4. The molecule has 1 heterocycles. The van der Waals surface area contributed by atoms with Gasteiger partial charge in [0.2, 0.25) is 5.91 Å². The molecule has 1 aliphatic heterocycles. The molecule has 0 aliphatic carbocycles. The third-order valence-corrected chi connectivity index (χ3v) is 3.98. The van der Waals surface area contributed by atoms with Crippen molar-refractivity contribution in [1.82, 2.24) is 10.2 Å². The van der Waals surface area contributed by atoms with Crippen LogP contribution in [0.15, 0.2) is 24.3 Å². The molecular formula is C19H28N2O4. The molecule has 1 aromatic rings. The molecule has 1 aromatic carbocycles. The van der Waals surface area contributed by atoms with Gasteiger partial charge in [-0.05, 0) is 44.7 Å². The van der Waals surface area contributed by atoms with Crippen LogP contribution in [0.4, 0.5) is 4.79 Å². The third kappa shape index (κ3) is 5.74. The number of benzene rings is 1. The zero-order valence-corrected chi connectivity index (χ0v) is 15.5. The molecule has 0 bridgehead atoms. The van der Waals surface area contributed by atoms with Gasteiger partial charge in [0.05, 0.1) is 6.61 Å². The highest BCUT2D eigenvalue weighted by Crippen LogP contribution is 2.21. The zero-order valence-electron chi connectivity index (χ0n) is 15.5. The predicted molar refractivity (Wildman–Crippen MR) is 95.0 cm³/mol. The van der Waals surface area contributed by atoms with E-state index in [4.69, 9.17) is 9.47 Å². The highest BCUT2D eigenvalue weighted by atomic mass is 16.6. The van der Waals surface area contributed by atoms with Crippen molar-refractivity contribution >= 4 is 12.0 Å². The summed E-state index contributed by atoms with van der Waals surface area (Å²) in [5, 5.41) is 2.92. The van der Waals surface area contributed by atoms with E-state index in [-0.39, 0.29) is 5.91 Å². The monoisotopic (exact) mass is 348 g/mol. The van der Waals surface area contributed by atoms with E-state index in [2.05, 4.69) is 5.32 Å². The van der Waals surface area contributed by atoms with Crippen LogP contribution < -0.4 is 5.32 Å². The topological polar surface area (TPSA) is 67.9 Å². The maximum absolute atomic E-state index is 12.5. The molecule has 1 aliphatic rings. The maximum atomic E-state index is 12.5. The van der Waals surface area contributed by atoms with E-state index in [0.29, 0.717) is 26.1 Å². The van der Waals surface area contributed by atoms with Gasteiger partial charge in [0.15, 0.2) is 0 Å². The predicted octanol–water partition coefficient (Wildman–Crippen LogP) is 2.85. The first-order valence-electron chi connectivity index (χ1n) is 8.64. The summed E-state index contributed by atoms with van der Waals surface area (Å²) in [7, 11) is 1.66. The van der Waals surface area contributed by atoms with Crippen molar-refractivity contribution in [2.75, 3.05) is 13.7 Å². The zero-order chi connectivity index (χ0) is 18.4. The lowest BCUT2D eigenvalue weighted by molar-refractivity contribution is -0.125. The molecule has 0 saturated carbocycles. The summed E-state index contributed by atoms with van der Waals surface area (Å²) >= 11 is 0. The summed E-state index contributed by atoms with van der Waals surface area (Å²) in [6.45, 7) is 7.03. The van der Waals surface area contributed by atoms with Crippen LogP contribution in [-0.2, 0) is 27.4 Å². The molecular weight excluding hydrogens is 320 g/mol. The van der Waals surface area contributed by atoms with Gasteiger partial charge in [0, 0.05) is 20.2 Å². The fourth-order valence-electron chi connectivity index (χ4n) is 2.81. The molecule has 1 N–H and O–H groups in total. The maximum Gasteiger partial charge on any atom is 0.410 e. The largest absolute Gasteiger partial charge is 0.444 e. The van der Waals surface area contributed by atoms with Crippen molar-refractivity contribution in [1.29, 1.82) is 0 Å². The minimum Gasteiger partial charge on any atom is -0.444 e. The fourth-order valence-corrected chi connectivity index (χ4v) is 2.81. The number of likely N-dealkylation sites (tertiary alicyclic amines) is 1. The molecule has 138 valence electrons. The van der Waals surface area contributed by atoms with E-state index in [9.17, 15) is 9.59 Å². The number of amides is 2. The number of hydrogen-bond donors (Lipinski definition) is 1. The average molecular weight is 348 g/mol. The second-order valence-corrected chi connectivity index (χ2v) is 7.30. The third-order valence-electron chi connectivity index (χ3n) is 3.98. The van der Waals surface area contributed by atoms with E-state index in [1.165, 1.54) is 4.90 Å². The standard InChI is InChI=1S/C19H28N2O4/c1-19(2,3)25-18(23)21-11-5-6-16(21)17(22)20-12-14-7-9-15(10-8-14)13-24-4/h7-10,16H,5-6,11-13H2,1-4H3,(H,20,22). The first-order chi connectivity index (χ1) is 11.8. The number of nitrogens with one attached hydrogen (secondary N) is 1. The number of hydrogen-bond acceptors (Lipinski definition) is 4. The van der Waals surface area contributed by atoms with Gasteiger partial charge in [0.1, 0.15) is 11.6 Å². The SMILES string of the molecule is COCc1ccc(CNC(=O)C2CCCN2C(=O)OC(C)(C)C)cc1. The van der Waals surface area contributed by atoms with E-state index >= 15 is 0 Å². The molecule has 6 nitrogen and oxygen atoms in total. The van der Waals surface area contributed by atoms with Crippen molar-refractivity contribution in [3.8, 4) is 0 Å².